The van der Waals surface area contributed by atoms with E-state index in [-0.39, 0.29) is 6.10 Å². The molecule has 0 spiro atoms. The molecule has 1 heterocycles. The molecular formula is C16H25NO. The summed E-state index contributed by atoms with van der Waals surface area (Å²) in [5, 5.41) is 3.67. The average Bonchev–Trinajstić information content (AvgIpc) is 2.71. The fraction of sp³-hybridized carbons (Fsp3) is 0.625. The lowest BCUT2D eigenvalue weighted by atomic mass is 9.90. The topological polar surface area (TPSA) is 21.3 Å². The Morgan fingerprint density at radius 1 is 1.28 bits per heavy atom. The van der Waals surface area contributed by atoms with Crippen LogP contribution in [0, 0.1) is 0 Å². The molecule has 1 fully saturated rings. The lowest BCUT2D eigenvalue weighted by Crippen LogP contribution is -2.28. The second-order valence-electron chi connectivity index (χ2n) is 5.66. The predicted octanol–water partition coefficient (Wildman–Crippen LogP) is 3.72. The standard InChI is InChI=1S/C16H25NO/c1-5-16-15(10-12(4)17-16)13-6-8-14(9-7-13)18-11(2)3/h6-9,11-12,15-17H,5,10H2,1-4H3. The van der Waals surface area contributed by atoms with E-state index in [4.69, 9.17) is 4.74 Å². The largest absolute Gasteiger partial charge is 0.491 e. The van der Waals surface area contributed by atoms with Crippen molar-refractivity contribution >= 4 is 0 Å². The van der Waals surface area contributed by atoms with E-state index in [2.05, 4.69) is 57.3 Å². The van der Waals surface area contributed by atoms with E-state index in [9.17, 15) is 0 Å². The molecule has 1 N–H and O–H groups in total. The highest BCUT2D eigenvalue weighted by Crippen LogP contribution is 2.33. The summed E-state index contributed by atoms with van der Waals surface area (Å²) >= 11 is 0. The van der Waals surface area contributed by atoms with Gasteiger partial charge in [0.05, 0.1) is 6.10 Å². The first-order valence-corrected chi connectivity index (χ1v) is 7.12. The predicted molar refractivity (Wildman–Crippen MR) is 76.2 cm³/mol. The molecule has 0 bridgehead atoms. The molecule has 2 rings (SSSR count). The average molecular weight is 247 g/mol. The van der Waals surface area contributed by atoms with Crippen LogP contribution >= 0.6 is 0 Å². The summed E-state index contributed by atoms with van der Waals surface area (Å²) in [5.74, 6) is 1.62. The molecule has 1 aliphatic heterocycles. The zero-order valence-electron chi connectivity index (χ0n) is 11.9. The molecule has 0 aliphatic carbocycles. The lowest BCUT2D eigenvalue weighted by Gasteiger charge is -2.19. The Kier molecular flexibility index (Phi) is 4.28. The molecule has 2 nitrogen and oxygen atoms in total. The van der Waals surface area contributed by atoms with Crippen molar-refractivity contribution in [3.63, 3.8) is 0 Å². The third-order valence-electron chi connectivity index (χ3n) is 3.71. The fourth-order valence-corrected chi connectivity index (χ4v) is 2.93. The van der Waals surface area contributed by atoms with Crippen LogP contribution in [0.25, 0.3) is 0 Å². The van der Waals surface area contributed by atoms with Gasteiger partial charge in [0.1, 0.15) is 5.75 Å². The van der Waals surface area contributed by atoms with Gasteiger partial charge in [-0.15, -0.1) is 0 Å². The van der Waals surface area contributed by atoms with E-state index in [0.717, 1.165) is 5.75 Å². The van der Waals surface area contributed by atoms with Crippen LogP contribution in [-0.2, 0) is 0 Å². The van der Waals surface area contributed by atoms with Crippen LogP contribution in [0.4, 0.5) is 0 Å². The summed E-state index contributed by atoms with van der Waals surface area (Å²) < 4.78 is 5.69. The maximum Gasteiger partial charge on any atom is 0.119 e. The van der Waals surface area contributed by atoms with Gasteiger partial charge in [-0.3, -0.25) is 0 Å². The smallest absolute Gasteiger partial charge is 0.119 e. The minimum Gasteiger partial charge on any atom is -0.491 e. The highest BCUT2D eigenvalue weighted by molar-refractivity contribution is 5.31. The summed E-state index contributed by atoms with van der Waals surface area (Å²) in [6.07, 6.45) is 2.68. The molecule has 0 saturated carbocycles. The van der Waals surface area contributed by atoms with Gasteiger partial charge in [0.25, 0.3) is 0 Å². The molecule has 2 heteroatoms. The molecule has 3 unspecified atom stereocenters. The minimum atomic E-state index is 0.243. The molecule has 0 aromatic heterocycles. The van der Waals surface area contributed by atoms with Gasteiger partial charge in [0.2, 0.25) is 0 Å². The van der Waals surface area contributed by atoms with Crippen molar-refractivity contribution in [3.05, 3.63) is 29.8 Å². The highest BCUT2D eigenvalue weighted by Gasteiger charge is 2.30. The highest BCUT2D eigenvalue weighted by atomic mass is 16.5. The summed E-state index contributed by atoms with van der Waals surface area (Å²) in [4.78, 5) is 0. The van der Waals surface area contributed by atoms with Crippen molar-refractivity contribution in [2.24, 2.45) is 0 Å². The normalized spacial score (nSPS) is 27.7. The van der Waals surface area contributed by atoms with E-state index < -0.39 is 0 Å². The van der Waals surface area contributed by atoms with Gasteiger partial charge in [0, 0.05) is 18.0 Å². The Morgan fingerprint density at radius 3 is 2.50 bits per heavy atom. The molecule has 1 aromatic rings. The fourth-order valence-electron chi connectivity index (χ4n) is 2.93. The third kappa shape index (κ3) is 3.05. The Hall–Kier alpha value is -1.02. The lowest BCUT2D eigenvalue weighted by molar-refractivity contribution is 0.242. The number of hydrogen-bond acceptors (Lipinski definition) is 2. The van der Waals surface area contributed by atoms with Crippen molar-refractivity contribution in [2.75, 3.05) is 0 Å². The molecule has 1 aliphatic rings. The number of ether oxygens (including phenoxy) is 1. The molecule has 0 radical (unpaired) electrons. The van der Waals surface area contributed by atoms with Crippen LogP contribution in [0.2, 0.25) is 0 Å². The van der Waals surface area contributed by atoms with Crippen molar-refractivity contribution < 1.29 is 4.74 Å². The zero-order chi connectivity index (χ0) is 13.1. The van der Waals surface area contributed by atoms with Gasteiger partial charge in [0.15, 0.2) is 0 Å². The summed E-state index contributed by atoms with van der Waals surface area (Å²) in [6.45, 7) is 8.66. The molecule has 1 saturated heterocycles. The maximum atomic E-state index is 5.69. The first kappa shape index (κ1) is 13.4. The summed E-state index contributed by atoms with van der Waals surface area (Å²) in [7, 11) is 0. The number of benzene rings is 1. The molecule has 18 heavy (non-hydrogen) atoms. The quantitative estimate of drug-likeness (QED) is 0.875. The van der Waals surface area contributed by atoms with Crippen LogP contribution in [0.15, 0.2) is 24.3 Å². The number of nitrogens with one attached hydrogen (secondary N) is 1. The molecular weight excluding hydrogens is 222 g/mol. The van der Waals surface area contributed by atoms with E-state index in [1.807, 2.05) is 0 Å². The molecule has 0 amide bonds. The molecule has 1 aromatic carbocycles. The van der Waals surface area contributed by atoms with Gasteiger partial charge in [-0.25, -0.2) is 0 Å². The zero-order valence-corrected chi connectivity index (χ0v) is 11.9. The second kappa shape index (κ2) is 5.75. The monoisotopic (exact) mass is 247 g/mol. The van der Waals surface area contributed by atoms with Crippen LogP contribution < -0.4 is 10.1 Å². The SMILES string of the molecule is CCC1NC(C)CC1c1ccc(OC(C)C)cc1. The molecule has 3 atom stereocenters. The van der Waals surface area contributed by atoms with Crippen LogP contribution in [0.1, 0.15) is 52.0 Å². The van der Waals surface area contributed by atoms with Crippen LogP contribution in [-0.4, -0.2) is 18.2 Å². The molecule has 100 valence electrons. The summed E-state index contributed by atoms with van der Waals surface area (Å²) in [6, 6.07) is 9.91. The van der Waals surface area contributed by atoms with Gasteiger partial charge in [-0.1, -0.05) is 19.1 Å². The van der Waals surface area contributed by atoms with Crippen molar-refractivity contribution in [3.8, 4) is 5.75 Å². The van der Waals surface area contributed by atoms with Crippen LogP contribution in [0.5, 0.6) is 5.75 Å². The third-order valence-corrected chi connectivity index (χ3v) is 3.71. The van der Waals surface area contributed by atoms with Crippen LogP contribution in [0.3, 0.4) is 0 Å². The first-order valence-electron chi connectivity index (χ1n) is 7.12. The van der Waals surface area contributed by atoms with Crippen molar-refractivity contribution in [1.82, 2.24) is 5.32 Å². The minimum absolute atomic E-state index is 0.243. The Labute approximate surface area is 111 Å². The first-order chi connectivity index (χ1) is 8.60. The van der Waals surface area contributed by atoms with E-state index in [1.165, 1.54) is 18.4 Å². The van der Waals surface area contributed by atoms with Gasteiger partial charge >= 0.3 is 0 Å². The van der Waals surface area contributed by atoms with E-state index >= 15 is 0 Å². The Bertz CT molecular complexity index is 371. The summed E-state index contributed by atoms with van der Waals surface area (Å²) in [5.41, 5.74) is 1.44. The second-order valence-corrected chi connectivity index (χ2v) is 5.66. The van der Waals surface area contributed by atoms with E-state index in [0.29, 0.717) is 18.0 Å². The maximum absolute atomic E-state index is 5.69. The number of rotatable bonds is 4. The number of hydrogen-bond donors (Lipinski definition) is 1. The van der Waals surface area contributed by atoms with Crippen molar-refractivity contribution in [2.45, 2.75) is 64.6 Å². The Morgan fingerprint density at radius 2 is 1.94 bits per heavy atom. The van der Waals surface area contributed by atoms with E-state index in [1.54, 1.807) is 0 Å². The Balaban J connectivity index is 2.09. The van der Waals surface area contributed by atoms with Gasteiger partial charge in [-0.05, 0) is 51.3 Å². The van der Waals surface area contributed by atoms with Gasteiger partial charge < -0.3 is 10.1 Å². The van der Waals surface area contributed by atoms with Crippen molar-refractivity contribution in [1.29, 1.82) is 0 Å². The van der Waals surface area contributed by atoms with Gasteiger partial charge in [-0.2, -0.15) is 0 Å².